The molecule has 1 aromatic heterocycles. The van der Waals surface area contributed by atoms with E-state index < -0.39 is 0 Å². The lowest BCUT2D eigenvalue weighted by molar-refractivity contribution is 0.159. The van der Waals surface area contributed by atoms with Crippen LogP contribution in [0.15, 0.2) is 24.8 Å². The fourth-order valence-electron chi connectivity index (χ4n) is 4.17. The molecule has 2 aromatic rings. The molecule has 1 unspecified atom stereocenters. The zero-order valence-corrected chi connectivity index (χ0v) is 16.5. The van der Waals surface area contributed by atoms with Gasteiger partial charge in [0.25, 0.3) is 0 Å². The lowest BCUT2D eigenvalue weighted by Gasteiger charge is -2.33. The first-order chi connectivity index (χ1) is 12.5. The Kier molecular flexibility index (Phi) is 5.87. The molecule has 1 N–H and O–H groups in total. The monoisotopic (exact) mass is 351 g/mol. The molecule has 3 rings (SSSR count). The summed E-state index contributed by atoms with van der Waals surface area (Å²) in [6.07, 6.45) is 5.24. The van der Waals surface area contributed by atoms with Gasteiger partial charge in [0.1, 0.15) is 0 Å². The van der Waals surface area contributed by atoms with Gasteiger partial charge < -0.3 is 14.8 Å². The molecule has 2 heterocycles. The number of fused-ring (bicyclic) bond motifs is 1. The number of nitrogens with one attached hydrogen (secondary N) is 1. The van der Waals surface area contributed by atoms with Crippen LogP contribution in [0.2, 0.25) is 0 Å². The molecule has 0 radical (unpaired) electrons. The average Bonchev–Trinajstić information content (AvgIpc) is 2.89. The number of hydrogen-bond acceptors (Lipinski definition) is 2. The fraction of sp³-hybridized carbons (Fsp3) is 0.478. The predicted octanol–water partition coefficient (Wildman–Crippen LogP) is 3.31. The summed E-state index contributed by atoms with van der Waals surface area (Å²) in [6, 6.07) is 7.22. The van der Waals surface area contributed by atoms with Crippen LogP contribution in [0.4, 0.5) is 0 Å². The number of piperidine rings is 1. The standard InChI is InChI=1S/C23H33N3/c1-6-26-19(4)22-12-11-21(16-23(22)20(26)5)18(3)24-13-9-15-25-14-8-7-10-17(25)2/h11-12,16-17,24H,3-10,13-15H2,1-2H3. The van der Waals surface area contributed by atoms with Gasteiger partial charge in [0.2, 0.25) is 0 Å². The van der Waals surface area contributed by atoms with Crippen molar-refractivity contribution < 1.29 is 0 Å². The smallest absolute Gasteiger partial charge is 0.0418 e. The summed E-state index contributed by atoms with van der Waals surface area (Å²) in [4.78, 5) is 2.62. The van der Waals surface area contributed by atoms with Crippen LogP contribution in [0.3, 0.4) is 0 Å². The zero-order valence-electron chi connectivity index (χ0n) is 16.5. The highest BCUT2D eigenvalue weighted by molar-refractivity contribution is 5.86. The third kappa shape index (κ3) is 3.73. The second-order valence-corrected chi connectivity index (χ2v) is 7.54. The largest absolute Gasteiger partial charge is 0.385 e. The van der Waals surface area contributed by atoms with Gasteiger partial charge in [0.05, 0.1) is 0 Å². The van der Waals surface area contributed by atoms with Crippen molar-refractivity contribution in [2.24, 2.45) is 0 Å². The summed E-state index contributed by atoms with van der Waals surface area (Å²) in [7, 11) is 0. The summed E-state index contributed by atoms with van der Waals surface area (Å²) < 4.78 is 2.17. The van der Waals surface area contributed by atoms with E-state index in [0.29, 0.717) is 0 Å². The summed E-state index contributed by atoms with van der Waals surface area (Å²) in [5.41, 5.74) is 2.13. The van der Waals surface area contributed by atoms with E-state index in [4.69, 9.17) is 0 Å². The Hall–Kier alpha value is -2.00. The molecule has 1 aliphatic rings. The second kappa shape index (κ2) is 8.13. The maximum absolute atomic E-state index is 4.24. The van der Waals surface area contributed by atoms with Gasteiger partial charge in [0, 0.05) is 52.8 Å². The quantitative estimate of drug-likeness (QED) is 0.773. The molecule has 1 aliphatic heterocycles. The van der Waals surface area contributed by atoms with Crippen molar-refractivity contribution in [3.8, 4) is 0 Å². The highest BCUT2D eigenvalue weighted by Gasteiger charge is 2.17. The number of rotatable bonds is 7. The Morgan fingerprint density at radius 1 is 1.19 bits per heavy atom. The van der Waals surface area contributed by atoms with E-state index in [1.807, 2.05) is 0 Å². The second-order valence-electron chi connectivity index (χ2n) is 7.54. The maximum Gasteiger partial charge on any atom is 0.0418 e. The molecule has 1 fully saturated rings. The zero-order chi connectivity index (χ0) is 18.7. The molecule has 0 aliphatic carbocycles. The summed E-state index contributed by atoms with van der Waals surface area (Å²) >= 11 is 0. The Bertz CT molecular complexity index is 877. The van der Waals surface area contributed by atoms with Crippen LogP contribution >= 0.6 is 0 Å². The van der Waals surface area contributed by atoms with Crippen molar-refractivity contribution in [3.05, 3.63) is 41.0 Å². The fourth-order valence-corrected chi connectivity index (χ4v) is 4.17. The Morgan fingerprint density at radius 2 is 1.96 bits per heavy atom. The Balaban J connectivity index is 1.60. The number of hydrogen-bond donors (Lipinski definition) is 1. The summed E-state index contributed by atoms with van der Waals surface area (Å²) in [5.74, 6) is 0. The molecule has 1 atom stereocenters. The van der Waals surface area contributed by atoms with Gasteiger partial charge in [-0.05, 0) is 51.3 Å². The first kappa shape index (κ1) is 18.8. The molecular weight excluding hydrogens is 318 g/mol. The molecule has 0 bridgehead atoms. The highest BCUT2D eigenvalue weighted by Crippen LogP contribution is 2.17. The van der Waals surface area contributed by atoms with Crippen molar-refractivity contribution in [1.29, 1.82) is 0 Å². The van der Waals surface area contributed by atoms with Crippen molar-refractivity contribution in [2.45, 2.75) is 52.1 Å². The van der Waals surface area contributed by atoms with E-state index in [-0.39, 0.29) is 0 Å². The minimum absolute atomic E-state index is 0.740. The van der Waals surface area contributed by atoms with Crippen LogP contribution in [-0.2, 0) is 6.54 Å². The first-order valence-electron chi connectivity index (χ1n) is 10.00. The molecule has 140 valence electrons. The van der Waals surface area contributed by atoms with E-state index in [9.17, 15) is 0 Å². The first-order valence-corrected chi connectivity index (χ1v) is 10.00. The normalized spacial score (nSPS) is 18.3. The van der Waals surface area contributed by atoms with Gasteiger partial charge >= 0.3 is 0 Å². The van der Waals surface area contributed by atoms with Crippen LogP contribution in [0, 0.1) is 0 Å². The van der Waals surface area contributed by atoms with E-state index in [0.717, 1.165) is 47.5 Å². The van der Waals surface area contributed by atoms with Crippen LogP contribution in [-0.4, -0.2) is 35.1 Å². The van der Waals surface area contributed by atoms with Gasteiger partial charge in [-0.2, -0.15) is 0 Å². The highest BCUT2D eigenvalue weighted by atomic mass is 15.2. The number of nitrogens with zero attached hydrogens (tertiary/aromatic N) is 2. The lowest BCUT2D eigenvalue weighted by Crippen LogP contribution is -2.38. The van der Waals surface area contributed by atoms with Gasteiger partial charge in [0.15, 0.2) is 0 Å². The molecule has 1 saturated heterocycles. The Morgan fingerprint density at radius 3 is 2.69 bits per heavy atom. The van der Waals surface area contributed by atoms with E-state index in [1.165, 1.54) is 43.1 Å². The topological polar surface area (TPSA) is 20.2 Å². The van der Waals surface area contributed by atoms with Crippen LogP contribution in [0.5, 0.6) is 0 Å². The van der Waals surface area contributed by atoms with Gasteiger partial charge in [-0.1, -0.05) is 38.3 Å². The van der Waals surface area contributed by atoms with Crippen molar-refractivity contribution >= 4 is 29.6 Å². The number of aromatic nitrogens is 1. The Labute approximate surface area is 157 Å². The number of likely N-dealkylation sites (tertiary alicyclic amines) is 1. The molecular formula is C23H33N3. The average molecular weight is 352 g/mol. The van der Waals surface area contributed by atoms with Crippen LogP contribution in [0.25, 0.3) is 29.6 Å². The minimum atomic E-state index is 0.740. The SMILES string of the molecule is C=C(NCCCN1CCCCC1C)c1ccc2c(=C)n(CC)c(=C)c2c1. The summed E-state index contributed by atoms with van der Waals surface area (Å²) in [5, 5.41) is 7.97. The minimum Gasteiger partial charge on any atom is -0.385 e. The maximum atomic E-state index is 4.24. The molecule has 3 nitrogen and oxygen atoms in total. The molecule has 3 heteroatoms. The number of benzene rings is 1. The molecule has 0 saturated carbocycles. The van der Waals surface area contributed by atoms with Crippen LogP contribution in [0.1, 0.15) is 45.1 Å². The third-order valence-corrected chi connectivity index (χ3v) is 5.86. The summed E-state index contributed by atoms with van der Waals surface area (Å²) in [6.45, 7) is 21.5. The van der Waals surface area contributed by atoms with Crippen molar-refractivity contribution in [1.82, 2.24) is 14.8 Å². The van der Waals surface area contributed by atoms with E-state index >= 15 is 0 Å². The lowest BCUT2D eigenvalue weighted by atomic mass is 10.0. The van der Waals surface area contributed by atoms with E-state index in [2.05, 4.69) is 66.6 Å². The van der Waals surface area contributed by atoms with Crippen molar-refractivity contribution in [3.63, 3.8) is 0 Å². The van der Waals surface area contributed by atoms with Gasteiger partial charge in [-0.3, -0.25) is 0 Å². The molecule has 26 heavy (non-hydrogen) atoms. The van der Waals surface area contributed by atoms with Crippen LogP contribution < -0.4 is 16.0 Å². The van der Waals surface area contributed by atoms with Crippen molar-refractivity contribution in [2.75, 3.05) is 19.6 Å². The molecule has 0 spiro atoms. The third-order valence-electron chi connectivity index (χ3n) is 5.86. The van der Waals surface area contributed by atoms with Gasteiger partial charge in [-0.25, -0.2) is 0 Å². The molecule has 1 aromatic carbocycles. The molecule has 0 amide bonds. The predicted molar refractivity (Wildman–Crippen MR) is 114 cm³/mol. The van der Waals surface area contributed by atoms with E-state index in [1.54, 1.807) is 0 Å². The van der Waals surface area contributed by atoms with Gasteiger partial charge in [-0.15, -0.1) is 0 Å².